The van der Waals surface area contributed by atoms with Gasteiger partial charge in [0.15, 0.2) is 0 Å². The van der Waals surface area contributed by atoms with Gasteiger partial charge >= 0.3 is 12.2 Å². The summed E-state index contributed by atoms with van der Waals surface area (Å²) in [4.78, 5) is 27.1. The number of imide groups is 1. The molecule has 26 heavy (non-hydrogen) atoms. The molecule has 2 rings (SSSR count). The standard InChI is InChI=1S/C16H20ClF3N4O2/c17-13-3-1-12(2-4-13)9-23-5-7-24(8-6-23)10-14(25)22-15(26)21-11-16(18,19)20/h1-4H,5-11H2,(H2,21,22,25,26). The van der Waals surface area contributed by atoms with Crippen molar-refractivity contribution in [2.75, 3.05) is 39.3 Å². The maximum Gasteiger partial charge on any atom is 0.405 e. The summed E-state index contributed by atoms with van der Waals surface area (Å²) in [6.07, 6.45) is -4.51. The number of carbonyl (C=O) groups is 2. The van der Waals surface area contributed by atoms with Crippen LogP contribution in [0.3, 0.4) is 0 Å². The van der Waals surface area contributed by atoms with Gasteiger partial charge in [-0.1, -0.05) is 23.7 Å². The van der Waals surface area contributed by atoms with Crippen LogP contribution in [0.15, 0.2) is 24.3 Å². The number of hydrogen-bond donors (Lipinski definition) is 2. The van der Waals surface area contributed by atoms with E-state index in [0.29, 0.717) is 18.1 Å². The molecule has 1 aliphatic heterocycles. The van der Waals surface area contributed by atoms with Crippen molar-refractivity contribution in [2.24, 2.45) is 0 Å². The van der Waals surface area contributed by atoms with Gasteiger partial charge in [0.2, 0.25) is 5.91 Å². The Morgan fingerprint density at radius 3 is 2.19 bits per heavy atom. The number of alkyl halides is 3. The van der Waals surface area contributed by atoms with E-state index in [1.165, 1.54) is 0 Å². The highest BCUT2D eigenvalue weighted by molar-refractivity contribution is 6.30. The van der Waals surface area contributed by atoms with Crippen molar-refractivity contribution in [3.63, 3.8) is 0 Å². The largest absolute Gasteiger partial charge is 0.405 e. The van der Waals surface area contributed by atoms with Crippen molar-refractivity contribution in [1.29, 1.82) is 0 Å². The molecular formula is C16H20ClF3N4O2. The zero-order chi connectivity index (χ0) is 19.2. The zero-order valence-electron chi connectivity index (χ0n) is 14.0. The SMILES string of the molecule is O=C(CN1CCN(Cc2ccc(Cl)cc2)CC1)NC(=O)NCC(F)(F)F. The highest BCUT2D eigenvalue weighted by Crippen LogP contribution is 2.13. The first-order chi connectivity index (χ1) is 12.2. The van der Waals surface area contributed by atoms with Crippen LogP contribution in [0.1, 0.15) is 5.56 Å². The molecule has 0 bridgehead atoms. The molecule has 3 amide bonds. The Hall–Kier alpha value is -1.84. The topological polar surface area (TPSA) is 64.7 Å². The first kappa shape index (κ1) is 20.5. The molecule has 6 nitrogen and oxygen atoms in total. The van der Waals surface area contributed by atoms with Crippen LogP contribution < -0.4 is 10.6 Å². The maximum absolute atomic E-state index is 12.0. The number of hydrogen-bond acceptors (Lipinski definition) is 4. The number of rotatable bonds is 5. The first-order valence-corrected chi connectivity index (χ1v) is 8.43. The van der Waals surface area contributed by atoms with Gasteiger partial charge in [0.25, 0.3) is 0 Å². The lowest BCUT2D eigenvalue weighted by Gasteiger charge is -2.34. The molecule has 0 atom stereocenters. The summed E-state index contributed by atoms with van der Waals surface area (Å²) in [7, 11) is 0. The van der Waals surface area contributed by atoms with E-state index in [-0.39, 0.29) is 6.54 Å². The highest BCUT2D eigenvalue weighted by Gasteiger charge is 2.28. The van der Waals surface area contributed by atoms with Crippen molar-refractivity contribution < 1.29 is 22.8 Å². The van der Waals surface area contributed by atoms with Crippen LogP contribution >= 0.6 is 11.6 Å². The Kier molecular flexibility index (Phi) is 7.24. The molecule has 0 radical (unpaired) electrons. The fourth-order valence-corrected chi connectivity index (χ4v) is 2.67. The summed E-state index contributed by atoms with van der Waals surface area (Å²) in [6.45, 7) is 2.02. The van der Waals surface area contributed by atoms with Gasteiger partial charge in [-0.3, -0.25) is 19.9 Å². The fraction of sp³-hybridized carbons (Fsp3) is 0.500. The van der Waals surface area contributed by atoms with Gasteiger partial charge in [-0.15, -0.1) is 0 Å². The van der Waals surface area contributed by atoms with E-state index in [9.17, 15) is 22.8 Å². The molecule has 0 aliphatic carbocycles. The molecule has 1 fully saturated rings. The first-order valence-electron chi connectivity index (χ1n) is 8.05. The summed E-state index contributed by atoms with van der Waals surface area (Å²) in [6, 6.07) is 6.44. The average molecular weight is 393 g/mol. The predicted molar refractivity (Wildman–Crippen MR) is 90.8 cm³/mol. The van der Waals surface area contributed by atoms with Gasteiger partial charge in [0.1, 0.15) is 6.54 Å². The Morgan fingerprint density at radius 1 is 1.04 bits per heavy atom. The Labute approximate surface area is 154 Å². The molecule has 10 heteroatoms. The number of benzene rings is 1. The minimum absolute atomic E-state index is 0.0335. The molecule has 0 spiro atoms. The van der Waals surface area contributed by atoms with Gasteiger partial charge in [-0.25, -0.2) is 4.79 Å². The van der Waals surface area contributed by atoms with Crippen molar-refractivity contribution in [2.45, 2.75) is 12.7 Å². The third-order valence-corrected chi connectivity index (χ3v) is 4.11. The Morgan fingerprint density at radius 2 is 1.62 bits per heavy atom. The number of halogens is 4. The van der Waals surface area contributed by atoms with Crippen LogP contribution in [0.25, 0.3) is 0 Å². The van der Waals surface area contributed by atoms with E-state index in [0.717, 1.165) is 25.2 Å². The van der Waals surface area contributed by atoms with E-state index in [2.05, 4.69) is 4.90 Å². The number of nitrogens with zero attached hydrogens (tertiary/aromatic N) is 2. The van der Waals surface area contributed by atoms with Gasteiger partial charge < -0.3 is 5.32 Å². The van der Waals surface area contributed by atoms with E-state index < -0.39 is 24.7 Å². The molecule has 0 aromatic heterocycles. The Balaban J connectivity index is 1.67. The van der Waals surface area contributed by atoms with Crippen LogP contribution in [-0.2, 0) is 11.3 Å². The molecule has 1 heterocycles. The summed E-state index contributed by atoms with van der Waals surface area (Å²) in [5.74, 6) is -0.629. The highest BCUT2D eigenvalue weighted by atomic mass is 35.5. The third kappa shape index (κ3) is 7.59. The van der Waals surface area contributed by atoms with Gasteiger partial charge in [-0.05, 0) is 17.7 Å². The van der Waals surface area contributed by atoms with Crippen LogP contribution in [0.4, 0.5) is 18.0 Å². The van der Waals surface area contributed by atoms with Crippen molar-refractivity contribution in [1.82, 2.24) is 20.4 Å². The normalized spacial score (nSPS) is 16.3. The number of urea groups is 1. The molecule has 1 aliphatic rings. The molecule has 0 unspecified atom stereocenters. The molecule has 1 aromatic carbocycles. The average Bonchev–Trinajstić information content (AvgIpc) is 2.56. The summed E-state index contributed by atoms with van der Waals surface area (Å²) < 4.78 is 36.0. The number of piperazine rings is 1. The maximum atomic E-state index is 12.0. The van der Waals surface area contributed by atoms with E-state index in [1.807, 2.05) is 34.5 Å². The predicted octanol–water partition coefficient (Wildman–Crippen LogP) is 1.85. The zero-order valence-corrected chi connectivity index (χ0v) is 14.7. The second-order valence-corrected chi connectivity index (χ2v) is 6.46. The minimum atomic E-state index is -4.51. The van der Waals surface area contributed by atoms with Gasteiger partial charge in [-0.2, -0.15) is 13.2 Å². The smallest absolute Gasteiger partial charge is 0.329 e. The van der Waals surface area contributed by atoms with E-state index in [4.69, 9.17) is 11.6 Å². The minimum Gasteiger partial charge on any atom is -0.329 e. The van der Waals surface area contributed by atoms with Crippen LogP contribution in [-0.4, -0.2) is 67.2 Å². The monoisotopic (exact) mass is 392 g/mol. The van der Waals surface area contributed by atoms with E-state index >= 15 is 0 Å². The summed E-state index contributed by atoms with van der Waals surface area (Å²) >= 11 is 5.86. The second-order valence-electron chi connectivity index (χ2n) is 6.02. The van der Waals surface area contributed by atoms with Crippen LogP contribution in [0, 0.1) is 0 Å². The lowest BCUT2D eigenvalue weighted by Crippen LogP contribution is -2.51. The van der Waals surface area contributed by atoms with E-state index in [1.54, 1.807) is 5.32 Å². The van der Waals surface area contributed by atoms with Crippen molar-refractivity contribution >= 4 is 23.5 Å². The number of carbonyl (C=O) groups excluding carboxylic acids is 2. The van der Waals surface area contributed by atoms with Crippen molar-refractivity contribution in [3.8, 4) is 0 Å². The van der Waals surface area contributed by atoms with Crippen LogP contribution in [0.2, 0.25) is 5.02 Å². The van der Waals surface area contributed by atoms with Gasteiger partial charge in [0.05, 0.1) is 6.54 Å². The lowest BCUT2D eigenvalue weighted by molar-refractivity contribution is -0.125. The van der Waals surface area contributed by atoms with Gasteiger partial charge in [0, 0.05) is 37.7 Å². The van der Waals surface area contributed by atoms with Crippen molar-refractivity contribution in [3.05, 3.63) is 34.9 Å². The Bertz CT molecular complexity index is 617. The molecule has 2 N–H and O–H groups in total. The number of amides is 3. The lowest BCUT2D eigenvalue weighted by atomic mass is 10.2. The molecule has 1 saturated heterocycles. The summed E-state index contributed by atoms with van der Waals surface area (Å²) in [5, 5.41) is 4.18. The molecule has 1 aromatic rings. The fourth-order valence-electron chi connectivity index (χ4n) is 2.55. The quantitative estimate of drug-likeness (QED) is 0.802. The second kappa shape index (κ2) is 9.20. The number of nitrogens with one attached hydrogen (secondary N) is 2. The third-order valence-electron chi connectivity index (χ3n) is 3.85. The molecule has 144 valence electrons. The molecular weight excluding hydrogens is 373 g/mol. The van der Waals surface area contributed by atoms with Crippen LogP contribution in [0.5, 0.6) is 0 Å². The summed E-state index contributed by atoms with van der Waals surface area (Å²) in [5.41, 5.74) is 1.14. The molecule has 0 saturated carbocycles.